The molecule has 0 radical (unpaired) electrons. The highest BCUT2D eigenvalue weighted by molar-refractivity contribution is 5.76. The average molecular weight is 278 g/mol. The fourth-order valence-corrected chi connectivity index (χ4v) is 2.76. The third-order valence-corrected chi connectivity index (χ3v) is 3.88. The number of hydrogen-bond donors (Lipinski definition) is 2. The van der Waals surface area contributed by atoms with Crippen LogP contribution in [0.4, 0.5) is 0 Å². The lowest BCUT2D eigenvalue weighted by molar-refractivity contribution is -0.122. The van der Waals surface area contributed by atoms with E-state index in [1.807, 2.05) is 0 Å². The van der Waals surface area contributed by atoms with Crippen LogP contribution in [0.25, 0.3) is 0 Å². The van der Waals surface area contributed by atoms with Crippen molar-refractivity contribution in [1.82, 2.24) is 9.88 Å². The van der Waals surface area contributed by atoms with E-state index in [4.69, 9.17) is 0 Å². The van der Waals surface area contributed by atoms with Crippen molar-refractivity contribution in [2.45, 2.75) is 44.7 Å². The van der Waals surface area contributed by atoms with Gasteiger partial charge in [0, 0.05) is 37.9 Å². The van der Waals surface area contributed by atoms with Gasteiger partial charge in [-0.25, -0.2) is 0 Å². The molecule has 5 heteroatoms. The van der Waals surface area contributed by atoms with Crippen molar-refractivity contribution >= 4 is 5.91 Å². The summed E-state index contributed by atoms with van der Waals surface area (Å²) in [7, 11) is 0. The van der Waals surface area contributed by atoms with Gasteiger partial charge in [0.1, 0.15) is 0 Å². The third-order valence-electron chi connectivity index (χ3n) is 3.88. The Morgan fingerprint density at radius 2 is 2.25 bits per heavy atom. The van der Waals surface area contributed by atoms with E-state index in [1.165, 1.54) is 10.6 Å². The van der Waals surface area contributed by atoms with E-state index in [-0.39, 0.29) is 24.1 Å². The number of carbonyl (C=O) groups is 1. The summed E-state index contributed by atoms with van der Waals surface area (Å²) < 4.78 is 1.54. The van der Waals surface area contributed by atoms with Crippen molar-refractivity contribution in [2.75, 3.05) is 6.61 Å². The zero-order chi connectivity index (χ0) is 14.4. The van der Waals surface area contributed by atoms with Gasteiger partial charge >= 0.3 is 0 Å². The van der Waals surface area contributed by atoms with Crippen molar-refractivity contribution in [1.29, 1.82) is 0 Å². The van der Waals surface area contributed by atoms with Crippen molar-refractivity contribution in [3.8, 4) is 0 Å². The molecular weight excluding hydrogens is 256 g/mol. The predicted octanol–water partition coefficient (Wildman–Crippen LogP) is 0.906. The Labute approximate surface area is 118 Å². The molecule has 2 rings (SSSR count). The summed E-state index contributed by atoms with van der Waals surface area (Å²) in [4.78, 5) is 23.4. The normalized spacial score (nSPS) is 22.4. The Morgan fingerprint density at radius 3 is 3.00 bits per heavy atom. The number of aromatic nitrogens is 1. The molecule has 5 nitrogen and oxygen atoms in total. The molecule has 1 aromatic heterocycles. The molecule has 1 heterocycles. The summed E-state index contributed by atoms with van der Waals surface area (Å²) in [5.74, 6) is 0.287. The van der Waals surface area contributed by atoms with Gasteiger partial charge in [-0.05, 0) is 31.2 Å². The van der Waals surface area contributed by atoms with Gasteiger partial charge in [0.15, 0.2) is 0 Å². The molecule has 20 heavy (non-hydrogen) atoms. The summed E-state index contributed by atoms with van der Waals surface area (Å²) in [6.45, 7) is 0.605. The minimum absolute atomic E-state index is 0.0238. The van der Waals surface area contributed by atoms with E-state index in [0.717, 1.165) is 25.7 Å². The van der Waals surface area contributed by atoms with Gasteiger partial charge in [0.25, 0.3) is 5.56 Å². The minimum Gasteiger partial charge on any atom is -0.396 e. The second kappa shape index (κ2) is 7.24. The second-order valence-corrected chi connectivity index (χ2v) is 5.46. The van der Waals surface area contributed by atoms with E-state index in [0.29, 0.717) is 18.9 Å². The monoisotopic (exact) mass is 278 g/mol. The number of nitrogens with one attached hydrogen (secondary N) is 1. The fourth-order valence-electron chi connectivity index (χ4n) is 2.76. The Morgan fingerprint density at radius 1 is 1.40 bits per heavy atom. The van der Waals surface area contributed by atoms with Crippen LogP contribution < -0.4 is 10.9 Å². The Bertz CT molecular complexity index is 498. The lowest BCUT2D eigenvalue weighted by atomic mass is 9.86. The summed E-state index contributed by atoms with van der Waals surface area (Å²) in [6.07, 6.45) is 5.93. The van der Waals surface area contributed by atoms with Gasteiger partial charge in [-0.15, -0.1) is 0 Å². The molecule has 110 valence electrons. The van der Waals surface area contributed by atoms with Gasteiger partial charge in [-0.3, -0.25) is 9.59 Å². The van der Waals surface area contributed by atoms with E-state index in [1.54, 1.807) is 18.3 Å². The quantitative estimate of drug-likeness (QED) is 0.841. The SMILES string of the molecule is O=C(CCn1ccccc1=O)N[C@@H]1CCC[C@@H](CO)C1. The summed E-state index contributed by atoms with van der Waals surface area (Å²) >= 11 is 0. The van der Waals surface area contributed by atoms with Crippen molar-refractivity contribution in [2.24, 2.45) is 5.92 Å². The van der Waals surface area contributed by atoms with Crippen LogP contribution in [0.3, 0.4) is 0 Å². The third kappa shape index (κ3) is 4.20. The van der Waals surface area contributed by atoms with Crippen LogP contribution in [0.5, 0.6) is 0 Å². The van der Waals surface area contributed by atoms with Crippen LogP contribution in [0.1, 0.15) is 32.1 Å². The van der Waals surface area contributed by atoms with Gasteiger partial charge in [-0.2, -0.15) is 0 Å². The molecule has 1 aromatic rings. The summed E-state index contributed by atoms with van der Waals surface area (Å²) in [5, 5.41) is 12.2. The molecule has 2 atom stereocenters. The number of aryl methyl sites for hydroxylation is 1. The Hall–Kier alpha value is -1.62. The van der Waals surface area contributed by atoms with Crippen LogP contribution in [0, 0.1) is 5.92 Å². The number of aliphatic hydroxyl groups is 1. The van der Waals surface area contributed by atoms with Crippen LogP contribution in [0.2, 0.25) is 0 Å². The topological polar surface area (TPSA) is 71.3 Å². The second-order valence-electron chi connectivity index (χ2n) is 5.46. The van der Waals surface area contributed by atoms with E-state index >= 15 is 0 Å². The van der Waals surface area contributed by atoms with Gasteiger partial charge in [-0.1, -0.05) is 12.5 Å². The maximum Gasteiger partial charge on any atom is 0.250 e. The number of rotatable bonds is 5. The Balaban J connectivity index is 1.78. The van der Waals surface area contributed by atoms with Crippen molar-refractivity contribution in [3.63, 3.8) is 0 Å². The standard InChI is InChI=1S/C15H22N2O3/c18-11-12-4-3-5-13(10-12)16-14(19)7-9-17-8-2-1-6-15(17)20/h1-2,6,8,12-13,18H,3-5,7,9-11H2,(H,16,19)/t12-,13-/m1/s1. The van der Waals surface area contributed by atoms with E-state index < -0.39 is 0 Å². The molecule has 0 unspecified atom stereocenters. The molecule has 0 aliphatic heterocycles. The van der Waals surface area contributed by atoms with E-state index in [9.17, 15) is 14.7 Å². The van der Waals surface area contributed by atoms with Crippen molar-refractivity contribution < 1.29 is 9.90 Å². The number of amides is 1. The molecular formula is C15H22N2O3. The highest BCUT2D eigenvalue weighted by Gasteiger charge is 2.22. The maximum absolute atomic E-state index is 11.9. The van der Waals surface area contributed by atoms with Crippen molar-refractivity contribution in [3.05, 3.63) is 34.7 Å². The van der Waals surface area contributed by atoms with Crippen LogP contribution in [-0.4, -0.2) is 28.2 Å². The molecule has 1 amide bonds. The highest BCUT2D eigenvalue weighted by atomic mass is 16.3. The first-order valence-electron chi connectivity index (χ1n) is 7.24. The highest BCUT2D eigenvalue weighted by Crippen LogP contribution is 2.23. The number of aliphatic hydroxyl groups excluding tert-OH is 1. The molecule has 2 N–H and O–H groups in total. The zero-order valence-corrected chi connectivity index (χ0v) is 11.6. The molecule has 0 saturated heterocycles. The van der Waals surface area contributed by atoms with Crippen LogP contribution >= 0.6 is 0 Å². The first-order valence-corrected chi connectivity index (χ1v) is 7.24. The van der Waals surface area contributed by atoms with Gasteiger partial charge in [0.05, 0.1) is 0 Å². The first kappa shape index (κ1) is 14.8. The number of pyridine rings is 1. The maximum atomic E-state index is 11.9. The van der Waals surface area contributed by atoms with Crippen LogP contribution in [0.15, 0.2) is 29.2 Å². The smallest absolute Gasteiger partial charge is 0.250 e. The number of hydrogen-bond acceptors (Lipinski definition) is 3. The number of carbonyl (C=O) groups excluding carboxylic acids is 1. The van der Waals surface area contributed by atoms with Crippen LogP contribution in [-0.2, 0) is 11.3 Å². The molecule has 1 saturated carbocycles. The van der Waals surface area contributed by atoms with Gasteiger partial charge in [0.2, 0.25) is 5.91 Å². The zero-order valence-electron chi connectivity index (χ0n) is 11.6. The first-order chi connectivity index (χ1) is 9.69. The summed E-state index contributed by atoms with van der Waals surface area (Å²) in [5.41, 5.74) is -0.0849. The molecule has 0 aromatic carbocycles. The fraction of sp³-hybridized carbons (Fsp3) is 0.600. The number of nitrogens with zero attached hydrogens (tertiary/aromatic N) is 1. The largest absolute Gasteiger partial charge is 0.396 e. The molecule has 1 fully saturated rings. The molecule has 0 bridgehead atoms. The summed E-state index contributed by atoms with van der Waals surface area (Å²) in [6, 6.07) is 5.13. The minimum atomic E-state index is -0.0849. The lowest BCUT2D eigenvalue weighted by Crippen LogP contribution is -2.39. The van der Waals surface area contributed by atoms with E-state index in [2.05, 4.69) is 5.32 Å². The average Bonchev–Trinajstić information content (AvgIpc) is 2.46. The molecule has 1 aliphatic carbocycles. The molecule has 0 spiro atoms. The molecule has 1 aliphatic rings. The lowest BCUT2D eigenvalue weighted by Gasteiger charge is -2.28. The van der Waals surface area contributed by atoms with Gasteiger partial charge < -0.3 is 15.0 Å². The predicted molar refractivity (Wildman–Crippen MR) is 76.3 cm³/mol. The Kier molecular flexibility index (Phi) is 5.35.